The number of hydrogen-bond acceptors (Lipinski definition) is 5. The number of nitrogens with zero attached hydrogens (tertiary/aromatic N) is 4. The smallest absolute Gasteiger partial charge is 0.260 e. The predicted molar refractivity (Wildman–Crippen MR) is 124 cm³/mol. The fourth-order valence-corrected chi connectivity index (χ4v) is 4.59. The monoisotopic (exact) mass is 465 g/mol. The molecular weight excluding hydrogens is 442 g/mol. The minimum absolute atomic E-state index is 0.0261. The van der Waals surface area contributed by atoms with E-state index in [4.69, 9.17) is 16.3 Å². The van der Waals surface area contributed by atoms with Gasteiger partial charge in [0.2, 0.25) is 0 Å². The average Bonchev–Trinajstić information content (AvgIpc) is 3.51. The van der Waals surface area contributed by atoms with E-state index < -0.39 is 0 Å². The zero-order valence-electron chi connectivity index (χ0n) is 18.4. The summed E-state index contributed by atoms with van der Waals surface area (Å²) in [6, 6.07) is 10.8. The number of aromatic nitrogens is 3. The summed E-state index contributed by atoms with van der Waals surface area (Å²) in [5, 5.41) is 11.2. The molecule has 0 aliphatic carbocycles. The number of likely N-dealkylation sites (tertiary alicyclic amines) is 1. The van der Waals surface area contributed by atoms with Crippen LogP contribution in [-0.4, -0.2) is 63.3 Å². The Morgan fingerprint density at radius 3 is 2.85 bits per heavy atom. The molecule has 2 amide bonds. The number of halogens is 1. The Kier molecular flexibility index (Phi) is 5.54. The molecule has 3 aromatic rings. The third kappa shape index (κ3) is 4.18. The maximum Gasteiger partial charge on any atom is 0.260 e. The lowest BCUT2D eigenvalue weighted by Gasteiger charge is -2.21. The quantitative estimate of drug-likeness (QED) is 0.621. The van der Waals surface area contributed by atoms with Crippen LogP contribution in [0.4, 0.5) is 0 Å². The normalized spacial score (nSPS) is 17.6. The van der Waals surface area contributed by atoms with Gasteiger partial charge >= 0.3 is 0 Å². The van der Waals surface area contributed by atoms with Crippen molar-refractivity contribution in [3.63, 3.8) is 0 Å². The molecule has 33 heavy (non-hydrogen) atoms. The van der Waals surface area contributed by atoms with Crippen LogP contribution in [0.3, 0.4) is 0 Å². The highest BCUT2D eigenvalue weighted by atomic mass is 35.5. The molecule has 2 aromatic carbocycles. The molecule has 8 nitrogen and oxygen atoms in total. The highest BCUT2D eigenvalue weighted by Crippen LogP contribution is 2.32. The molecule has 0 bridgehead atoms. The lowest BCUT2D eigenvalue weighted by Crippen LogP contribution is -2.35. The lowest BCUT2D eigenvalue weighted by atomic mass is 10.0. The fourth-order valence-electron chi connectivity index (χ4n) is 4.41. The van der Waals surface area contributed by atoms with Crippen molar-refractivity contribution in [1.82, 2.24) is 25.2 Å². The van der Waals surface area contributed by atoms with E-state index >= 15 is 0 Å². The van der Waals surface area contributed by atoms with Gasteiger partial charge in [-0.3, -0.25) is 14.7 Å². The molecular formula is C24H24ClN5O3. The van der Waals surface area contributed by atoms with E-state index in [1.165, 1.54) is 0 Å². The molecule has 0 spiro atoms. The fraction of sp³-hybridized carbons (Fsp3) is 0.333. The number of amides is 2. The first-order valence-electron chi connectivity index (χ1n) is 10.9. The summed E-state index contributed by atoms with van der Waals surface area (Å²) in [4.78, 5) is 29.2. The molecule has 3 heterocycles. The molecule has 1 aromatic heterocycles. The Hall–Kier alpha value is -3.39. The SMILES string of the molecule is CC(C)c1cc(Cl)ccc1OCC(=O)N1CC2=CN(C(=O)c3ccc4[nH]nnc4c3)C[C@@H]2C1. The third-order valence-electron chi connectivity index (χ3n) is 6.21. The van der Waals surface area contributed by atoms with Gasteiger partial charge in [0.15, 0.2) is 6.61 Å². The number of carbonyl (C=O) groups is 2. The number of carbonyl (C=O) groups excluding carboxylic acids is 2. The van der Waals surface area contributed by atoms with E-state index in [1.807, 2.05) is 18.3 Å². The number of ether oxygens (including phenoxy) is 1. The van der Waals surface area contributed by atoms with E-state index in [0.29, 0.717) is 41.5 Å². The zero-order valence-corrected chi connectivity index (χ0v) is 19.2. The minimum Gasteiger partial charge on any atom is -0.483 e. The summed E-state index contributed by atoms with van der Waals surface area (Å²) < 4.78 is 5.85. The van der Waals surface area contributed by atoms with Crippen molar-refractivity contribution in [3.8, 4) is 5.75 Å². The number of benzene rings is 2. The van der Waals surface area contributed by atoms with Gasteiger partial charge in [0.05, 0.1) is 5.52 Å². The summed E-state index contributed by atoms with van der Waals surface area (Å²) in [6.07, 6.45) is 1.88. The van der Waals surface area contributed by atoms with Crippen LogP contribution in [0.25, 0.3) is 11.0 Å². The first-order valence-corrected chi connectivity index (χ1v) is 11.3. The van der Waals surface area contributed by atoms with Crippen LogP contribution in [0.5, 0.6) is 5.75 Å². The van der Waals surface area contributed by atoms with Crippen molar-refractivity contribution in [2.75, 3.05) is 26.2 Å². The number of H-pyrrole nitrogens is 1. The highest BCUT2D eigenvalue weighted by Gasteiger charge is 2.37. The van der Waals surface area contributed by atoms with E-state index in [9.17, 15) is 9.59 Å². The molecule has 1 saturated heterocycles. The van der Waals surface area contributed by atoms with Gasteiger partial charge in [-0.15, -0.1) is 5.10 Å². The summed E-state index contributed by atoms with van der Waals surface area (Å²) in [6.45, 7) is 5.75. The Labute approximate surface area is 196 Å². The summed E-state index contributed by atoms with van der Waals surface area (Å²) in [5.74, 6) is 0.924. The summed E-state index contributed by atoms with van der Waals surface area (Å²) in [5.41, 5.74) is 4.09. The van der Waals surface area contributed by atoms with E-state index in [2.05, 4.69) is 29.3 Å². The maximum atomic E-state index is 12.9. The minimum atomic E-state index is -0.0769. The Morgan fingerprint density at radius 2 is 2.06 bits per heavy atom. The third-order valence-corrected chi connectivity index (χ3v) is 6.44. The Bertz CT molecular complexity index is 1270. The Balaban J connectivity index is 1.21. The molecule has 5 rings (SSSR count). The van der Waals surface area contributed by atoms with Crippen molar-refractivity contribution < 1.29 is 14.3 Å². The molecule has 0 unspecified atom stereocenters. The number of nitrogens with one attached hydrogen (secondary N) is 1. The van der Waals surface area contributed by atoms with Crippen LogP contribution in [0.1, 0.15) is 35.7 Å². The van der Waals surface area contributed by atoms with Gasteiger partial charge in [0.1, 0.15) is 11.3 Å². The van der Waals surface area contributed by atoms with Crippen LogP contribution >= 0.6 is 11.6 Å². The summed E-state index contributed by atoms with van der Waals surface area (Å²) >= 11 is 6.10. The largest absolute Gasteiger partial charge is 0.483 e. The van der Waals surface area contributed by atoms with Crippen molar-refractivity contribution in [3.05, 3.63) is 64.3 Å². The average molecular weight is 466 g/mol. The van der Waals surface area contributed by atoms with Gasteiger partial charge in [-0.1, -0.05) is 30.7 Å². The predicted octanol–water partition coefficient (Wildman–Crippen LogP) is 3.61. The molecule has 0 radical (unpaired) electrons. The van der Waals surface area contributed by atoms with Crippen LogP contribution in [0, 0.1) is 5.92 Å². The maximum absolute atomic E-state index is 12.9. The molecule has 0 saturated carbocycles. The van der Waals surface area contributed by atoms with Crippen LogP contribution in [-0.2, 0) is 4.79 Å². The molecule has 2 aliphatic rings. The van der Waals surface area contributed by atoms with Gasteiger partial charge in [0, 0.05) is 42.3 Å². The molecule has 2 aliphatic heterocycles. The second kappa shape index (κ2) is 8.51. The van der Waals surface area contributed by atoms with Crippen LogP contribution in [0.15, 0.2) is 48.2 Å². The lowest BCUT2D eigenvalue weighted by molar-refractivity contribution is -0.132. The number of hydrogen-bond donors (Lipinski definition) is 1. The van der Waals surface area contributed by atoms with Gasteiger partial charge < -0.3 is 14.5 Å². The Morgan fingerprint density at radius 1 is 1.21 bits per heavy atom. The van der Waals surface area contributed by atoms with Crippen molar-refractivity contribution >= 4 is 34.4 Å². The van der Waals surface area contributed by atoms with Crippen molar-refractivity contribution in [2.24, 2.45) is 5.92 Å². The van der Waals surface area contributed by atoms with Gasteiger partial charge in [0.25, 0.3) is 11.8 Å². The second-order valence-corrected chi connectivity index (χ2v) is 9.24. The molecule has 1 atom stereocenters. The van der Waals surface area contributed by atoms with Crippen molar-refractivity contribution in [2.45, 2.75) is 19.8 Å². The molecule has 1 N–H and O–H groups in total. The van der Waals surface area contributed by atoms with Crippen LogP contribution < -0.4 is 4.74 Å². The topological polar surface area (TPSA) is 91.4 Å². The molecule has 9 heteroatoms. The highest BCUT2D eigenvalue weighted by molar-refractivity contribution is 6.30. The van der Waals surface area contributed by atoms with Gasteiger partial charge in [-0.05, 0) is 53.5 Å². The van der Waals surface area contributed by atoms with Gasteiger partial charge in [-0.2, -0.15) is 0 Å². The number of rotatable bonds is 5. The van der Waals surface area contributed by atoms with Crippen molar-refractivity contribution in [1.29, 1.82) is 0 Å². The standard InChI is InChI=1S/C24H24ClN5O3/c1-14(2)19-8-18(25)4-6-22(19)33-13-23(31)29-9-16-11-30(12-17(16)10-29)24(32)15-3-5-20-21(7-15)27-28-26-20/h3-8,11,14,17H,9-10,12-13H2,1-2H3,(H,26,27,28)/t17-/m0/s1. The number of aromatic amines is 1. The van der Waals surface area contributed by atoms with Gasteiger partial charge in [-0.25, -0.2) is 0 Å². The van der Waals surface area contributed by atoms with E-state index in [1.54, 1.807) is 34.1 Å². The van der Waals surface area contributed by atoms with Crippen LogP contribution in [0.2, 0.25) is 5.02 Å². The molecule has 1 fully saturated rings. The first-order chi connectivity index (χ1) is 15.9. The first kappa shape index (κ1) is 21.5. The van der Waals surface area contributed by atoms with E-state index in [0.717, 1.165) is 16.7 Å². The summed E-state index contributed by atoms with van der Waals surface area (Å²) in [7, 11) is 0. The zero-order chi connectivity index (χ0) is 23.1. The van der Waals surface area contributed by atoms with E-state index in [-0.39, 0.29) is 30.3 Å². The second-order valence-electron chi connectivity index (χ2n) is 8.80. The molecule has 170 valence electrons. The number of fused-ring (bicyclic) bond motifs is 2.